The summed E-state index contributed by atoms with van der Waals surface area (Å²) in [4.78, 5) is 52.0. The highest BCUT2D eigenvalue weighted by Gasteiger charge is 2.30. The normalized spacial score (nSPS) is 16.0. The van der Waals surface area contributed by atoms with E-state index in [2.05, 4.69) is 5.32 Å². The Labute approximate surface area is 177 Å². The Morgan fingerprint density at radius 1 is 1.20 bits per heavy atom. The van der Waals surface area contributed by atoms with Gasteiger partial charge in [0.15, 0.2) is 0 Å². The number of nitrogens with zero attached hydrogens (tertiary/aromatic N) is 2. The number of piperidine rings is 1. The van der Waals surface area contributed by atoms with Gasteiger partial charge in [-0.3, -0.25) is 19.2 Å². The Balaban J connectivity index is 1.82. The molecule has 164 valence electrons. The summed E-state index contributed by atoms with van der Waals surface area (Å²) >= 11 is 0. The molecule has 8 nitrogen and oxygen atoms in total. The van der Waals surface area contributed by atoms with E-state index in [9.17, 15) is 19.2 Å². The van der Waals surface area contributed by atoms with E-state index >= 15 is 0 Å². The number of esters is 1. The Bertz CT molecular complexity index is 808. The predicted molar refractivity (Wildman–Crippen MR) is 112 cm³/mol. The van der Waals surface area contributed by atoms with Crippen LogP contribution in [-0.4, -0.2) is 73.3 Å². The molecule has 0 aliphatic carbocycles. The van der Waals surface area contributed by atoms with Gasteiger partial charge in [0.2, 0.25) is 11.8 Å². The highest BCUT2D eigenvalue weighted by molar-refractivity contribution is 5.97. The van der Waals surface area contributed by atoms with Crippen LogP contribution in [0.4, 0.5) is 0 Å². The van der Waals surface area contributed by atoms with Crippen LogP contribution in [0.15, 0.2) is 18.2 Å². The molecule has 1 fully saturated rings. The molecule has 0 radical (unpaired) electrons. The maximum absolute atomic E-state index is 12.6. The lowest BCUT2D eigenvalue weighted by Crippen LogP contribution is -2.48. The Kier molecular flexibility index (Phi) is 8.38. The Morgan fingerprint density at radius 2 is 1.93 bits per heavy atom. The zero-order valence-electron chi connectivity index (χ0n) is 18.2. The Morgan fingerprint density at radius 3 is 2.60 bits per heavy atom. The number of likely N-dealkylation sites (tertiary alicyclic amines) is 1. The van der Waals surface area contributed by atoms with Crippen molar-refractivity contribution in [3.05, 3.63) is 34.9 Å². The summed E-state index contributed by atoms with van der Waals surface area (Å²) in [6, 6.07) is 5.35. The predicted octanol–water partition coefficient (Wildman–Crippen LogP) is 1.29. The number of hydrogen-bond donors (Lipinski definition) is 1. The van der Waals surface area contributed by atoms with E-state index in [1.54, 1.807) is 24.0 Å². The van der Waals surface area contributed by atoms with E-state index in [1.807, 2.05) is 19.9 Å². The molecule has 1 N–H and O–H groups in total. The number of likely N-dealkylation sites (N-methyl/N-ethyl adjacent to an activating group) is 1. The van der Waals surface area contributed by atoms with Crippen LogP contribution >= 0.6 is 0 Å². The van der Waals surface area contributed by atoms with Gasteiger partial charge in [-0.1, -0.05) is 6.07 Å². The van der Waals surface area contributed by atoms with E-state index < -0.39 is 0 Å². The highest BCUT2D eigenvalue weighted by Crippen LogP contribution is 2.18. The summed E-state index contributed by atoms with van der Waals surface area (Å²) in [5.74, 6) is -1.52. The fourth-order valence-corrected chi connectivity index (χ4v) is 3.32. The van der Waals surface area contributed by atoms with E-state index in [4.69, 9.17) is 4.74 Å². The van der Waals surface area contributed by atoms with Crippen LogP contribution in [0.2, 0.25) is 0 Å². The van der Waals surface area contributed by atoms with Crippen molar-refractivity contribution >= 4 is 23.7 Å². The monoisotopic (exact) mass is 417 g/mol. The number of hydrogen-bond acceptors (Lipinski definition) is 5. The third kappa shape index (κ3) is 6.30. The van der Waals surface area contributed by atoms with Gasteiger partial charge in [0.1, 0.15) is 0 Å². The molecule has 2 rings (SSSR count). The maximum atomic E-state index is 12.6. The zero-order chi connectivity index (χ0) is 22.3. The first kappa shape index (κ1) is 23.4. The van der Waals surface area contributed by atoms with Crippen molar-refractivity contribution in [1.82, 2.24) is 15.1 Å². The fraction of sp³-hybridized carbons (Fsp3) is 0.545. The van der Waals surface area contributed by atoms with Crippen molar-refractivity contribution in [2.45, 2.75) is 33.6 Å². The minimum absolute atomic E-state index is 0.103. The summed E-state index contributed by atoms with van der Waals surface area (Å²) in [7, 11) is 1.52. The standard InChI is InChI=1S/C22H31N3O5/c1-5-30-22(29)18-7-6-10-25(13-18)20(27)14-24(4)19(26)12-23-21(28)17-9-8-15(2)16(3)11-17/h8-9,11,18H,5-7,10,12-14H2,1-4H3,(H,23,28). The molecular formula is C22H31N3O5. The molecule has 8 heteroatoms. The first-order valence-electron chi connectivity index (χ1n) is 10.3. The molecule has 1 aliphatic rings. The van der Waals surface area contributed by atoms with Crippen molar-refractivity contribution in [1.29, 1.82) is 0 Å². The molecule has 0 spiro atoms. The molecule has 30 heavy (non-hydrogen) atoms. The number of benzene rings is 1. The summed E-state index contributed by atoms with van der Waals surface area (Å²) in [6.45, 7) is 6.52. The second-order valence-electron chi connectivity index (χ2n) is 7.66. The van der Waals surface area contributed by atoms with Gasteiger partial charge in [-0.2, -0.15) is 0 Å². The molecule has 1 unspecified atom stereocenters. The largest absolute Gasteiger partial charge is 0.466 e. The molecule has 0 bridgehead atoms. The zero-order valence-corrected chi connectivity index (χ0v) is 18.2. The summed E-state index contributed by atoms with van der Waals surface area (Å²) < 4.78 is 5.05. The van der Waals surface area contributed by atoms with Crippen molar-refractivity contribution in [3.63, 3.8) is 0 Å². The van der Waals surface area contributed by atoms with Crippen molar-refractivity contribution in [3.8, 4) is 0 Å². The molecule has 1 aromatic carbocycles. The first-order chi connectivity index (χ1) is 14.2. The van der Waals surface area contributed by atoms with E-state index in [-0.39, 0.29) is 42.7 Å². The topological polar surface area (TPSA) is 96.0 Å². The molecule has 1 aromatic rings. The van der Waals surface area contributed by atoms with Crippen LogP contribution in [0.1, 0.15) is 41.3 Å². The average molecular weight is 418 g/mol. The van der Waals surface area contributed by atoms with Crippen LogP contribution in [-0.2, 0) is 19.1 Å². The van der Waals surface area contributed by atoms with E-state index in [0.29, 0.717) is 31.7 Å². The second kappa shape index (κ2) is 10.8. The van der Waals surface area contributed by atoms with Gasteiger partial charge in [-0.15, -0.1) is 0 Å². The molecule has 3 amide bonds. The quantitative estimate of drug-likeness (QED) is 0.675. The van der Waals surface area contributed by atoms with Gasteiger partial charge >= 0.3 is 5.97 Å². The summed E-state index contributed by atoms with van der Waals surface area (Å²) in [5, 5.41) is 2.60. The van der Waals surface area contributed by atoms with Crippen LogP contribution < -0.4 is 5.32 Å². The van der Waals surface area contributed by atoms with Crippen molar-refractivity contribution in [2.75, 3.05) is 39.8 Å². The van der Waals surface area contributed by atoms with Gasteiger partial charge < -0.3 is 19.9 Å². The minimum Gasteiger partial charge on any atom is -0.466 e. The molecule has 1 heterocycles. The fourth-order valence-electron chi connectivity index (χ4n) is 3.32. The van der Waals surface area contributed by atoms with Gasteiger partial charge in [0.25, 0.3) is 5.91 Å². The molecule has 0 saturated carbocycles. The minimum atomic E-state index is -0.362. The average Bonchev–Trinajstić information content (AvgIpc) is 2.73. The van der Waals surface area contributed by atoms with Gasteiger partial charge in [0.05, 0.1) is 25.6 Å². The lowest BCUT2D eigenvalue weighted by Gasteiger charge is -2.32. The number of amides is 3. The van der Waals surface area contributed by atoms with Gasteiger partial charge in [-0.25, -0.2) is 0 Å². The third-order valence-electron chi connectivity index (χ3n) is 5.36. The molecular weight excluding hydrogens is 386 g/mol. The van der Waals surface area contributed by atoms with Crippen LogP contribution in [0.25, 0.3) is 0 Å². The van der Waals surface area contributed by atoms with Crippen LogP contribution in [0, 0.1) is 19.8 Å². The number of ether oxygens (including phenoxy) is 1. The maximum Gasteiger partial charge on any atom is 0.310 e. The number of aryl methyl sites for hydroxylation is 2. The molecule has 1 atom stereocenters. The van der Waals surface area contributed by atoms with Gasteiger partial charge in [-0.05, 0) is 56.9 Å². The second-order valence-corrected chi connectivity index (χ2v) is 7.66. The third-order valence-corrected chi connectivity index (χ3v) is 5.36. The van der Waals surface area contributed by atoms with Crippen molar-refractivity contribution < 1.29 is 23.9 Å². The van der Waals surface area contributed by atoms with Crippen molar-refractivity contribution in [2.24, 2.45) is 5.92 Å². The van der Waals surface area contributed by atoms with E-state index in [0.717, 1.165) is 17.5 Å². The molecule has 1 aliphatic heterocycles. The lowest BCUT2D eigenvalue weighted by atomic mass is 9.98. The Hall–Kier alpha value is -2.90. The number of carbonyl (C=O) groups is 4. The molecule has 1 saturated heterocycles. The summed E-state index contributed by atoms with van der Waals surface area (Å²) in [6.07, 6.45) is 1.42. The van der Waals surface area contributed by atoms with Crippen LogP contribution in [0.5, 0.6) is 0 Å². The van der Waals surface area contributed by atoms with Gasteiger partial charge in [0, 0.05) is 25.7 Å². The highest BCUT2D eigenvalue weighted by atomic mass is 16.5. The van der Waals surface area contributed by atoms with E-state index in [1.165, 1.54) is 11.9 Å². The molecule has 0 aromatic heterocycles. The lowest BCUT2D eigenvalue weighted by molar-refractivity contribution is -0.152. The van der Waals surface area contributed by atoms with Crippen LogP contribution in [0.3, 0.4) is 0 Å². The smallest absolute Gasteiger partial charge is 0.310 e. The number of rotatable bonds is 7. The SMILES string of the molecule is CCOC(=O)C1CCCN(C(=O)CN(C)C(=O)CNC(=O)c2ccc(C)c(C)c2)C1. The first-order valence-corrected chi connectivity index (χ1v) is 10.3. The number of nitrogens with one attached hydrogen (secondary N) is 1. The summed E-state index contributed by atoms with van der Waals surface area (Å²) in [5.41, 5.74) is 2.58. The number of carbonyl (C=O) groups excluding carboxylic acids is 4.